The number of carbonyl (C=O) groups excluding carboxylic acids is 2. The average Bonchev–Trinajstić information content (AvgIpc) is 2.82. The predicted molar refractivity (Wildman–Crippen MR) is 139 cm³/mol. The number of rotatable bonds is 9. The Morgan fingerprint density at radius 3 is 2.32 bits per heavy atom. The smallest absolute Gasteiger partial charge is 0.323 e. The molecule has 2 aromatic rings. The third-order valence-corrected chi connectivity index (χ3v) is 6.27. The fourth-order valence-corrected chi connectivity index (χ4v) is 4.08. The van der Waals surface area contributed by atoms with Gasteiger partial charge in [-0.3, -0.25) is 4.79 Å². The van der Waals surface area contributed by atoms with Crippen LogP contribution in [-0.4, -0.2) is 45.3 Å². The Labute approximate surface area is 203 Å². The first-order chi connectivity index (χ1) is 16.4. The number of methoxy groups -OCH3 is 1. The van der Waals surface area contributed by atoms with E-state index in [1.54, 1.807) is 13.2 Å². The molecule has 7 nitrogen and oxygen atoms in total. The SMILES string of the molecule is COCCCNC(=O)c1cc(NC(=O)Nc2ccc(C(C)C)cc2)ccc1N1CCC(C)CC1. The standard InChI is InChI=1S/C27H38N4O3/c1-19(2)21-6-8-22(9-7-21)29-27(33)30-23-10-11-25(31-15-12-20(3)13-16-31)24(18-23)26(32)28-14-5-17-34-4/h6-11,18-20H,5,12-17H2,1-4H3,(H,28,32)(H2,29,30,33). The number of hydrogen-bond donors (Lipinski definition) is 3. The van der Waals surface area contributed by atoms with Crippen molar-refractivity contribution < 1.29 is 14.3 Å². The largest absolute Gasteiger partial charge is 0.385 e. The Morgan fingerprint density at radius 2 is 1.68 bits per heavy atom. The molecule has 0 atom stereocenters. The first-order valence-corrected chi connectivity index (χ1v) is 12.2. The van der Waals surface area contributed by atoms with E-state index in [9.17, 15) is 9.59 Å². The minimum Gasteiger partial charge on any atom is -0.385 e. The van der Waals surface area contributed by atoms with Crippen molar-refractivity contribution in [1.82, 2.24) is 5.32 Å². The molecule has 3 rings (SSSR count). The van der Waals surface area contributed by atoms with Crippen LogP contribution in [-0.2, 0) is 4.74 Å². The zero-order valence-corrected chi connectivity index (χ0v) is 20.8. The van der Waals surface area contributed by atoms with Gasteiger partial charge in [0.05, 0.1) is 5.56 Å². The molecule has 34 heavy (non-hydrogen) atoms. The van der Waals surface area contributed by atoms with Gasteiger partial charge in [-0.1, -0.05) is 32.9 Å². The number of carbonyl (C=O) groups is 2. The zero-order chi connectivity index (χ0) is 24.5. The predicted octanol–water partition coefficient (Wildman–Crippen LogP) is 5.46. The van der Waals surface area contributed by atoms with Crippen LogP contribution in [0.2, 0.25) is 0 Å². The second kappa shape index (κ2) is 12.4. The molecule has 0 aliphatic carbocycles. The molecule has 184 valence electrons. The van der Waals surface area contributed by atoms with Crippen LogP contribution >= 0.6 is 0 Å². The van der Waals surface area contributed by atoms with Crippen molar-refractivity contribution in [1.29, 1.82) is 0 Å². The number of amides is 3. The first-order valence-electron chi connectivity index (χ1n) is 12.2. The highest BCUT2D eigenvalue weighted by Crippen LogP contribution is 2.29. The number of anilines is 3. The van der Waals surface area contributed by atoms with E-state index in [2.05, 4.69) is 41.6 Å². The fraction of sp³-hybridized carbons (Fsp3) is 0.481. The second-order valence-corrected chi connectivity index (χ2v) is 9.36. The number of urea groups is 1. The van der Waals surface area contributed by atoms with Gasteiger partial charge in [0.2, 0.25) is 0 Å². The zero-order valence-electron chi connectivity index (χ0n) is 20.8. The van der Waals surface area contributed by atoms with Crippen molar-refractivity contribution in [3.8, 4) is 0 Å². The maximum Gasteiger partial charge on any atom is 0.323 e. The van der Waals surface area contributed by atoms with E-state index < -0.39 is 0 Å². The summed E-state index contributed by atoms with van der Waals surface area (Å²) < 4.78 is 5.07. The number of hydrogen-bond acceptors (Lipinski definition) is 4. The lowest BCUT2D eigenvalue weighted by Crippen LogP contribution is -2.35. The Hall–Kier alpha value is -3.06. The van der Waals surface area contributed by atoms with Crippen molar-refractivity contribution in [2.75, 3.05) is 48.9 Å². The number of piperidine rings is 1. The van der Waals surface area contributed by atoms with Gasteiger partial charge in [0, 0.05) is 50.4 Å². The lowest BCUT2D eigenvalue weighted by atomic mass is 9.98. The van der Waals surface area contributed by atoms with Gasteiger partial charge >= 0.3 is 6.03 Å². The molecule has 0 unspecified atom stereocenters. The number of benzene rings is 2. The van der Waals surface area contributed by atoms with E-state index in [1.807, 2.05) is 36.4 Å². The molecule has 3 N–H and O–H groups in total. The highest BCUT2D eigenvalue weighted by molar-refractivity contribution is 6.04. The van der Waals surface area contributed by atoms with Crippen LogP contribution in [0.5, 0.6) is 0 Å². The molecule has 3 amide bonds. The highest BCUT2D eigenvalue weighted by Gasteiger charge is 2.22. The minimum atomic E-state index is -0.344. The Morgan fingerprint density at radius 1 is 1.03 bits per heavy atom. The summed E-state index contributed by atoms with van der Waals surface area (Å²) in [5, 5.41) is 8.71. The fourth-order valence-electron chi connectivity index (χ4n) is 4.08. The van der Waals surface area contributed by atoms with Crippen LogP contribution in [0.1, 0.15) is 61.9 Å². The number of ether oxygens (including phenoxy) is 1. The lowest BCUT2D eigenvalue weighted by Gasteiger charge is -2.33. The molecule has 0 radical (unpaired) electrons. The summed E-state index contributed by atoms with van der Waals surface area (Å²) in [5.41, 5.74) is 4.00. The summed E-state index contributed by atoms with van der Waals surface area (Å²) in [4.78, 5) is 27.9. The van der Waals surface area contributed by atoms with Crippen LogP contribution in [0.15, 0.2) is 42.5 Å². The summed E-state index contributed by atoms with van der Waals surface area (Å²) >= 11 is 0. The summed E-state index contributed by atoms with van der Waals surface area (Å²) in [6, 6.07) is 13.0. The third kappa shape index (κ3) is 7.22. The maximum atomic E-state index is 13.0. The molecule has 0 spiro atoms. The second-order valence-electron chi connectivity index (χ2n) is 9.36. The Balaban J connectivity index is 1.72. The molecule has 1 aliphatic heterocycles. The van der Waals surface area contributed by atoms with Crippen molar-refractivity contribution in [3.05, 3.63) is 53.6 Å². The molecule has 0 bridgehead atoms. The number of nitrogens with zero attached hydrogens (tertiary/aromatic N) is 1. The molecule has 1 heterocycles. The molecule has 2 aromatic carbocycles. The molecular formula is C27H38N4O3. The van der Waals surface area contributed by atoms with Crippen molar-refractivity contribution in [3.63, 3.8) is 0 Å². The summed E-state index contributed by atoms with van der Waals surface area (Å²) in [7, 11) is 1.65. The molecule has 0 aromatic heterocycles. The van der Waals surface area contributed by atoms with Crippen molar-refractivity contribution in [2.45, 2.75) is 46.0 Å². The average molecular weight is 467 g/mol. The highest BCUT2D eigenvalue weighted by atomic mass is 16.5. The van der Waals surface area contributed by atoms with Crippen LogP contribution in [0.3, 0.4) is 0 Å². The molecular weight excluding hydrogens is 428 g/mol. The topological polar surface area (TPSA) is 82.7 Å². The minimum absolute atomic E-state index is 0.141. The van der Waals surface area contributed by atoms with Crippen LogP contribution in [0.4, 0.5) is 21.9 Å². The Bertz CT molecular complexity index is 951. The quantitative estimate of drug-likeness (QED) is 0.429. The summed E-state index contributed by atoms with van der Waals surface area (Å²) in [5.74, 6) is 0.989. The lowest BCUT2D eigenvalue weighted by molar-refractivity contribution is 0.0949. The van der Waals surface area contributed by atoms with Crippen molar-refractivity contribution in [2.24, 2.45) is 5.92 Å². The van der Waals surface area contributed by atoms with Gasteiger partial charge in [-0.15, -0.1) is 0 Å². The summed E-state index contributed by atoms with van der Waals surface area (Å²) in [6.45, 7) is 9.51. The van der Waals surface area contributed by atoms with Gasteiger partial charge in [0.15, 0.2) is 0 Å². The maximum absolute atomic E-state index is 13.0. The van der Waals surface area contributed by atoms with Crippen LogP contribution in [0.25, 0.3) is 0 Å². The van der Waals surface area contributed by atoms with Gasteiger partial charge in [-0.05, 0) is 67.0 Å². The van der Waals surface area contributed by atoms with E-state index in [0.717, 1.165) is 43.7 Å². The molecule has 1 fully saturated rings. The van der Waals surface area contributed by atoms with E-state index in [-0.39, 0.29) is 11.9 Å². The van der Waals surface area contributed by atoms with E-state index >= 15 is 0 Å². The molecule has 7 heteroatoms. The third-order valence-electron chi connectivity index (χ3n) is 6.27. The van der Waals surface area contributed by atoms with E-state index in [1.165, 1.54) is 5.56 Å². The van der Waals surface area contributed by atoms with Gasteiger partial charge in [-0.2, -0.15) is 0 Å². The van der Waals surface area contributed by atoms with Gasteiger partial charge < -0.3 is 25.6 Å². The molecule has 1 saturated heterocycles. The summed E-state index contributed by atoms with van der Waals surface area (Å²) in [6.07, 6.45) is 2.95. The van der Waals surface area contributed by atoms with Crippen molar-refractivity contribution >= 4 is 29.0 Å². The first kappa shape index (κ1) is 25.6. The van der Waals surface area contributed by atoms with Crippen LogP contribution < -0.4 is 20.9 Å². The normalized spacial score (nSPS) is 14.2. The van der Waals surface area contributed by atoms with E-state index in [0.29, 0.717) is 36.2 Å². The van der Waals surface area contributed by atoms with Gasteiger partial charge in [0.25, 0.3) is 5.91 Å². The van der Waals surface area contributed by atoms with Gasteiger partial charge in [0.1, 0.15) is 0 Å². The number of nitrogens with one attached hydrogen (secondary N) is 3. The molecule has 1 aliphatic rings. The monoisotopic (exact) mass is 466 g/mol. The molecule has 0 saturated carbocycles. The van der Waals surface area contributed by atoms with E-state index in [4.69, 9.17) is 4.74 Å². The van der Waals surface area contributed by atoms with Gasteiger partial charge in [-0.25, -0.2) is 4.79 Å². The van der Waals surface area contributed by atoms with Crippen LogP contribution in [0, 0.1) is 5.92 Å². The Kier molecular flexibility index (Phi) is 9.33.